The number of nitrogens with one attached hydrogen (secondary N) is 3. The molecule has 0 bridgehead atoms. The Morgan fingerprint density at radius 2 is 1.88 bits per heavy atom. The third-order valence-corrected chi connectivity index (χ3v) is 9.07. The van der Waals surface area contributed by atoms with Crippen LogP contribution in [0.25, 0.3) is 22.2 Å². The van der Waals surface area contributed by atoms with Crippen molar-refractivity contribution in [2.24, 2.45) is 7.05 Å². The first-order valence-corrected chi connectivity index (χ1v) is 16.3. The third kappa shape index (κ3) is 8.13. The molecule has 13 heteroatoms. The van der Waals surface area contributed by atoms with Gasteiger partial charge in [0.1, 0.15) is 17.4 Å². The van der Waals surface area contributed by atoms with Gasteiger partial charge >= 0.3 is 6.18 Å². The van der Waals surface area contributed by atoms with E-state index in [1.54, 1.807) is 24.8 Å². The van der Waals surface area contributed by atoms with Crippen LogP contribution in [0.15, 0.2) is 60.7 Å². The van der Waals surface area contributed by atoms with Gasteiger partial charge in [-0.3, -0.25) is 9.59 Å². The maximum atomic E-state index is 14.3. The second kappa shape index (κ2) is 15.2. The molecule has 1 heterocycles. The summed E-state index contributed by atoms with van der Waals surface area (Å²) in [6.07, 6.45) is 3.19. The van der Waals surface area contributed by atoms with Crippen LogP contribution in [0.4, 0.5) is 24.5 Å². The van der Waals surface area contributed by atoms with Crippen LogP contribution in [-0.2, 0) is 29.2 Å². The zero-order valence-corrected chi connectivity index (χ0v) is 28.0. The molecule has 2 amide bonds. The first-order chi connectivity index (χ1) is 23.4. The van der Waals surface area contributed by atoms with E-state index in [2.05, 4.69) is 20.9 Å². The second-order valence-electron chi connectivity index (χ2n) is 11.8. The minimum absolute atomic E-state index is 0.0629. The zero-order chi connectivity index (χ0) is 35.3. The molecule has 1 aliphatic rings. The first-order valence-electron chi connectivity index (χ1n) is 15.9. The van der Waals surface area contributed by atoms with Gasteiger partial charge < -0.3 is 25.3 Å². The highest BCUT2D eigenvalue weighted by atomic mass is 35.5. The molecule has 1 saturated carbocycles. The summed E-state index contributed by atoms with van der Waals surface area (Å²) in [6, 6.07) is 13.5. The summed E-state index contributed by atoms with van der Waals surface area (Å²) in [5.41, 5.74) is 0.0953. The normalized spacial score (nSPS) is 16.5. The smallest absolute Gasteiger partial charge is 0.381 e. The van der Waals surface area contributed by atoms with Gasteiger partial charge in [0.15, 0.2) is 0 Å². The number of halogens is 4. The van der Waals surface area contributed by atoms with E-state index >= 15 is 0 Å². The summed E-state index contributed by atoms with van der Waals surface area (Å²) in [6.45, 7) is 2.37. The molecule has 0 atom stereocenters. The maximum Gasteiger partial charge on any atom is 0.417 e. The van der Waals surface area contributed by atoms with Crippen molar-refractivity contribution >= 4 is 45.8 Å². The predicted octanol–water partition coefficient (Wildman–Crippen LogP) is 7.64. The standard InChI is InChI=1S/C36H36ClF3N6O3/c1-4-30-45-34-29(46(30)2)19-27(36(38,39)40)32(33(34)37)21-7-5-8-25(18-21)43-35(48)22-10-15-28(23(17-22)20-41)44-31(47)9-6-16-42-24-11-13-26(49-3)14-12-24/h5-10,15,17-19,24,26,42H,4,11-14,16H2,1-3H3,(H,43,48)(H,44,47)/b9-6+/t24-,26-. The summed E-state index contributed by atoms with van der Waals surface area (Å²) >= 11 is 6.61. The summed E-state index contributed by atoms with van der Waals surface area (Å²) in [4.78, 5) is 30.2. The highest BCUT2D eigenvalue weighted by Gasteiger charge is 2.36. The second-order valence-corrected chi connectivity index (χ2v) is 12.2. The monoisotopic (exact) mass is 692 g/mol. The van der Waals surface area contributed by atoms with E-state index in [0.717, 1.165) is 31.7 Å². The number of carbonyl (C=O) groups is 2. The molecule has 0 spiro atoms. The largest absolute Gasteiger partial charge is 0.417 e. The third-order valence-electron chi connectivity index (χ3n) is 8.70. The van der Waals surface area contributed by atoms with Crippen molar-refractivity contribution in [1.82, 2.24) is 14.9 Å². The Morgan fingerprint density at radius 3 is 2.55 bits per heavy atom. The molecule has 4 aromatic rings. The van der Waals surface area contributed by atoms with Crippen molar-refractivity contribution in [3.8, 4) is 17.2 Å². The number of benzene rings is 3. The SMILES string of the molecule is CCc1nc2c(Cl)c(-c3cccc(NC(=O)c4ccc(NC(=O)/C=C/CN[C@H]5CC[C@H](OC)CC5)c(C#N)c4)c3)c(C(F)(F)F)cc2n1C. The minimum Gasteiger partial charge on any atom is -0.381 e. The van der Waals surface area contributed by atoms with E-state index in [9.17, 15) is 28.0 Å². The van der Waals surface area contributed by atoms with Crippen LogP contribution in [0.3, 0.4) is 0 Å². The number of fused-ring (bicyclic) bond motifs is 1. The first kappa shape index (κ1) is 35.6. The van der Waals surface area contributed by atoms with Gasteiger partial charge in [0, 0.05) is 56.1 Å². The van der Waals surface area contributed by atoms with Crippen molar-refractivity contribution < 1.29 is 27.5 Å². The fourth-order valence-corrected chi connectivity index (χ4v) is 6.42. The van der Waals surface area contributed by atoms with Crippen molar-refractivity contribution in [2.45, 2.75) is 57.3 Å². The number of methoxy groups -OCH3 is 1. The lowest BCUT2D eigenvalue weighted by Gasteiger charge is -2.27. The van der Waals surface area contributed by atoms with Crippen molar-refractivity contribution in [3.63, 3.8) is 0 Å². The number of hydrogen-bond acceptors (Lipinski definition) is 6. The quantitative estimate of drug-likeness (QED) is 0.147. The molecular formula is C36H36ClF3N6O3. The topological polar surface area (TPSA) is 121 Å². The van der Waals surface area contributed by atoms with Crippen LogP contribution >= 0.6 is 11.6 Å². The van der Waals surface area contributed by atoms with Gasteiger partial charge in [0.2, 0.25) is 5.91 Å². The number of imidazole rings is 1. The molecule has 1 fully saturated rings. The number of carbonyl (C=O) groups excluding carboxylic acids is 2. The van der Waals surface area contributed by atoms with E-state index in [1.807, 2.05) is 13.0 Å². The van der Waals surface area contributed by atoms with Gasteiger partial charge in [-0.15, -0.1) is 0 Å². The van der Waals surface area contributed by atoms with Gasteiger partial charge in [0.05, 0.1) is 33.5 Å². The zero-order valence-electron chi connectivity index (χ0n) is 27.2. The van der Waals surface area contributed by atoms with Crippen LogP contribution in [0.5, 0.6) is 0 Å². The van der Waals surface area contributed by atoms with Crippen molar-refractivity contribution in [2.75, 3.05) is 24.3 Å². The molecular weight excluding hydrogens is 657 g/mol. The van der Waals surface area contributed by atoms with Crippen molar-refractivity contribution in [1.29, 1.82) is 5.26 Å². The highest BCUT2D eigenvalue weighted by Crippen LogP contribution is 2.45. The predicted molar refractivity (Wildman–Crippen MR) is 183 cm³/mol. The average Bonchev–Trinajstić information content (AvgIpc) is 3.42. The number of ether oxygens (including phenoxy) is 1. The van der Waals surface area contributed by atoms with Crippen molar-refractivity contribution in [3.05, 3.63) is 88.2 Å². The molecule has 5 rings (SSSR count). The number of alkyl halides is 3. The number of nitriles is 1. The Kier molecular flexibility index (Phi) is 11.1. The fraction of sp³-hybridized carbons (Fsp3) is 0.333. The van der Waals surface area contributed by atoms with Crippen LogP contribution in [0, 0.1) is 11.3 Å². The number of anilines is 2. The fourth-order valence-electron chi connectivity index (χ4n) is 6.07. The molecule has 0 aliphatic heterocycles. The molecule has 0 radical (unpaired) electrons. The lowest BCUT2D eigenvalue weighted by molar-refractivity contribution is -0.137. The minimum atomic E-state index is -4.72. The number of amides is 2. The van der Waals surface area contributed by atoms with Gasteiger partial charge in [-0.2, -0.15) is 18.4 Å². The number of hydrogen-bond donors (Lipinski definition) is 3. The number of aromatic nitrogens is 2. The number of nitrogens with zero attached hydrogens (tertiary/aromatic N) is 3. The highest BCUT2D eigenvalue weighted by molar-refractivity contribution is 6.38. The molecule has 3 N–H and O–H groups in total. The van der Waals surface area contributed by atoms with Crippen LogP contribution in [0.1, 0.15) is 59.9 Å². The molecule has 9 nitrogen and oxygen atoms in total. The van der Waals surface area contributed by atoms with Crippen LogP contribution in [0.2, 0.25) is 5.02 Å². The molecule has 1 aromatic heterocycles. The number of aryl methyl sites for hydroxylation is 2. The van der Waals surface area contributed by atoms with Crippen LogP contribution in [-0.4, -0.2) is 47.2 Å². The Morgan fingerprint density at radius 1 is 1.12 bits per heavy atom. The molecule has 49 heavy (non-hydrogen) atoms. The van der Waals surface area contributed by atoms with Gasteiger partial charge in [-0.1, -0.05) is 36.7 Å². The van der Waals surface area contributed by atoms with Crippen LogP contribution < -0.4 is 16.0 Å². The van der Waals surface area contributed by atoms with Gasteiger partial charge in [-0.25, -0.2) is 4.98 Å². The summed E-state index contributed by atoms with van der Waals surface area (Å²) in [5, 5.41) is 18.3. The molecule has 0 saturated heterocycles. The molecule has 256 valence electrons. The van der Waals surface area contributed by atoms with E-state index in [4.69, 9.17) is 16.3 Å². The average molecular weight is 693 g/mol. The molecule has 0 unspecified atom stereocenters. The Labute approximate surface area is 287 Å². The summed E-state index contributed by atoms with van der Waals surface area (Å²) in [5.74, 6) is -0.445. The summed E-state index contributed by atoms with van der Waals surface area (Å²) < 4.78 is 50.0. The van der Waals surface area contributed by atoms with E-state index in [1.165, 1.54) is 48.5 Å². The van der Waals surface area contributed by atoms with E-state index in [0.29, 0.717) is 30.9 Å². The van der Waals surface area contributed by atoms with Gasteiger partial charge in [0.25, 0.3) is 5.91 Å². The lowest BCUT2D eigenvalue weighted by atomic mass is 9.93. The van der Waals surface area contributed by atoms with E-state index < -0.39 is 23.6 Å². The molecule has 3 aromatic carbocycles. The Bertz CT molecular complexity index is 1940. The van der Waals surface area contributed by atoms with E-state index in [-0.39, 0.29) is 49.7 Å². The number of rotatable bonds is 10. The Balaban J connectivity index is 1.29. The Hall–Kier alpha value is -4.70. The molecule has 1 aliphatic carbocycles. The maximum absolute atomic E-state index is 14.3. The van der Waals surface area contributed by atoms with Gasteiger partial charge in [-0.05, 0) is 67.6 Å². The lowest BCUT2D eigenvalue weighted by Crippen LogP contribution is -2.35. The summed E-state index contributed by atoms with van der Waals surface area (Å²) in [7, 11) is 3.37.